The first-order valence-electron chi connectivity index (χ1n) is 5.59. The third-order valence-corrected chi connectivity index (χ3v) is 3.95. The highest BCUT2D eigenvalue weighted by molar-refractivity contribution is 7.16. The van der Waals surface area contributed by atoms with Gasteiger partial charge in [-0.1, -0.05) is 11.6 Å². The zero-order chi connectivity index (χ0) is 13.8. The van der Waals surface area contributed by atoms with E-state index in [1.807, 2.05) is 19.1 Å². The molecule has 0 radical (unpaired) electrons. The van der Waals surface area contributed by atoms with Gasteiger partial charge in [0.1, 0.15) is 5.82 Å². The number of nitrogen functional groups attached to an aromatic ring is 1. The van der Waals surface area contributed by atoms with E-state index in [1.165, 1.54) is 17.5 Å². The smallest absolute Gasteiger partial charge is 0.251 e. The molecule has 0 bridgehead atoms. The highest BCUT2D eigenvalue weighted by Crippen LogP contribution is 2.26. The molecule has 0 spiro atoms. The van der Waals surface area contributed by atoms with Crippen molar-refractivity contribution < 1.29 is 4.79 Å². The number of nitrogens with one attached hydrogen (secondary N) is 2. The van der Waals surface area contributed by atoms with Gasteiger partial charge < -0.3 is 10.7 Å². The summed E-state index contributed by atoms with van der Waals surface area (Å²) in [6.45, 7) is 1.91. The van der Waals surface area contributed by atoms with Crippen LogP contribution < -0.4 is 16.6 Å². The summed E-state index contributed by atoms with van der Waals surface area (Å²) in [5, 5.41) is 2.89. The number of nitrogens with two attached hydrogens (primary N) is 1. The number of aromatic nitrogens is 1. The Hall–Kier alpha value is -1.63. The summed E-state index contributed by atoms with van der Waals surface area (Å²) in [5.41, 5.74) is 2.90. The van der Waals surface area contributed by atoms with E-state index in [0.717, 1.165) is 4.88 Å². The number of carbonyl (C=O) groups is 1. The molecule has 100 valence electrons. The fraction of sp³-hybridized carbons (Fsp3) is 0.167. The summed E-state index contributed by atoms with van der Waals surface area (Å²) in [7, 11) is 0. The van der Waals surface area contributed by atoms with E-state index in [-0.39, 0.29) is 11.9 Å². The Morgan fingerprint density at radius 2 is 2.26 bits per heavy atom. The van der Waals surface area contributed by atoms with Gasteiger partial charge >= 0.3 is 0 Å². The Labute approximate surface area is 119 Å². The van der Waals surface area contributed by atoms with Crippen LogP contribution in [0.15, 0.2) is 30.5 Å². The van der Waals surface area contributed by atoms with Crippen molar-refractivity contribution in [2.75, 3.05) is 5.43 Å². The Morgan fingerprint density at radius 3 is 2.89 bits per heavy atom. The van der Waals surface area contributed by atoms with Gasteiger partial charge in [0.15, 0.2) is 0 Å². The summed E-state index contributed by atoms with van der Waals surface area (Å²) in [4.78, 5) is 17.0. The average Bonchev–Trinajstić information content (AvgIpc) is 2.85. The molecule has 0 aliphatic rings. The summed E-state index contributed by atoms with van der Waals surface area (Å²) >= 11 is 7.32. The van der Waals surface area contributed by atoms with Gasteiger partial charge in [-0.3, -0.25) is 4.79 Å². The van der Waals surface area contributed by atoms with Gasteiger partial charge in [0.25, 0.3) is 5.91 Å². The van der Waals surface area contributed by atoms with Crippen LogP contribution in [0.3, 0.4) is 0 Å². The summed E-state index contributed by atoms with van der Waals surface area (Å²) in [6.07, 6.45) is 1.52. The molecule has 7 heteroatoms. The Kier molecular flexibility index (Phi) is 4.36. The quantitative estimate of drug-likeness (QED) is 0.598. The SMILES string of the molecule is CC(NC(=O)c1ccnc(NN)c1)c1ccc(Cl)s1. The second-order valence-corrected chi connectivity index (χ2v) is 5.66. The van der Waals surface area contributed by atoms with Crippen LogP contribution in [0.4, 0.5) is 5.82 Å². The minimum Gasteiger partial charge on any atom is -0.345 e. The molecule has 0 fully saturated rings. The predicted octanol–water partition coefficient (Wildman–Crippen LogP) is 2.57. The van der Waals surface area contributed by atoms with Crippen molar-refractivity contribution in [2.45, 2.75) is 13.0 Å². The van der Waals surface area contributed by atoms with Crippen molar-refractivity contribution in [3.63, 3.8) is 0 Å². The van der Waals surface area contributed by atoms with Crippen molar-refractivity contribution >= 4 is 34.7 Å². The standard InChI is InChI=1S/C12H13ClN4OS/c1-7(9-2-3-10(13)19-9)16-12(18)8-4-5-15-11(6-8)17-14/h2-7H,14H2,1H3,(H,15,17)(H,16,18). The summed E-state index contributed by atoms with van der Waals surface area (Å²) in [6, 6.07) is 6.82. The van der Waals surface area contributed by atoms with Crippen molar-refractivity contribution in [3.8, 4) is 0 Å². The van der Waals surface area contributed by atoms with Crippen LogP contribution in [0.2, 0.25) is 4.34 Å². The lowest BCUT2D eigenvalue weighted by Gasteiger charge is -2.12. The van der Waals surface area contributed by atoms with Gasteiger partial charge in [0.2, 0.25) is 0 Å². The fourth-order valence-corrected chi connectivity index (χ4v) is 2.63. The molecule has 2 heterocycles. The first-order valence-corrected chi connectivity index (χ1v) is 6.78. The molecule has 1 amide bonds. The van der Waals surface area contributed by atoms with E-state index in [0.29, 0.717) is 15.7 Å². The van der Waals surface area contributed by atoms with Crippen molar-refractivity contribution in [2.24, 2.45) is 5.84 Å². The predicted molar refractivity (Wildman–Crippen MR) is 77.3 cm³/mol. The van der Waals surface area contributed by atoms with Crippen LogP contribution in [0.1, 0.15) is 28.2 Å². The number of amides is 1. The number of hydrazine groups is 1. The lowest BCUT2D eigenvalue weighted by atomic mass is 10.2. The van der Waals surface area contributed by atoms with Crippen molar-refractivity contribution in [1.29, 1.82) is 0 Å². The number of rotatable bonds is 4. The van der Waals surface area contributed by atoms with Crippen LogP contribution in [0, 0.1) is 0 Å². The normalized spacial score (nSPS) is 11.9. The first kappa shape index (κ1) is 13.8. The number of hydrogen-bond acceptors (Lipinski definition) is 5. The van der Waals surface area contributed by atoms with Crippen LogP contribution in [-0.2, 0) is 0 Å². The Morgan fingerprint density at radius 1 is 1.47 bits per heavy atom. The molecule has 0 aliphatic heterocycles. The highest BCUT2D eigenvalue weighted by Gasteiger charge is 2.13. The van der Waals surface area contributed by atoms with Crippen molar-refractivity contribution in [1.82, 2.24) is 10.3 Å². The first-order chi connectivity index (χ1) is 9.10. The summed E-state index contributed by atoms with van der Waals surface area (Å²) in [5.74, 6) is 5.52. The molecule has 0 saturated carbocycles. The van der Waals surface area contributed by atoms with Crippen LogP contribution in [-0.4, -0.2) is 10.9 Å². The molecular formula is C12H13ClN4OS. The highest BCUT2D eigenvalue weighted by atomic mass is 35.5. The maximum Gasteiger partial charge on any atom is 0.251 e. The monoisotopic (exact) mass is 296 g/mol. The van der Waals surface area contributed by atoms with Gasteiger partial charge in [-0.05, 0) is 31.2 Å². The number of thiophene rings is 1. The lowest BCUT2D eigenvalue weighted by Crippen LogP contribution is -2.26. The van der Waals surface area contributed by atoms with Gasteiger partial charge in [-0.15, -0.1) is 11.3 Å². The minimum atomic E-state index is -0.184. The molecule has 2 aromatic rings. The Bertz CT molecular complexity index is 587. The molecule has 4 N–H and O–H groups in total. The van der Waals surface area contributed by atoms with E-state index in [4.69, 9.17) is 17.4 Å². The van der Waals surface area contributed by atoms with E-state index in [1.54, 1.807) is 12.1 Å². The van der Waals surface area contributed by atoms with Crippen LogP contribution in [0.25, 0.3) is 0 Å². The molecule has 19 heavy (non-hydrogen) atoms. The fourth-order valence-electron chi connectivity index (χ4n) is 1.56. The number of anilines is 1. The van der Waals surface area contributed by atoms with Crippen molar-refractivity contribution in [3.05, 3.63) is 45.2 Å². The second kappa shape index (κ2) is 6.01. The van der Waals surface area contributed by atoms with Crippen LogP contribution >= 0.6 is 22.9 Å². The lowest BCUT2D eigenvalue weighted by molar-refractivity contribution is 0.0940. The van der Waals surface area contributed by atoms with E-state index >= 15 is 0 Å². The molecule has 2 aromatic heterocycles. The number of pyridine rings is 1. The third kappa shape index (κ3) is 3.44. The molecular weight excluding hydrogens is 284 g/mol. The van der Waals surface area contributed by atoms with E-state index < -0.39 is 0 Å². The topological polar surface area (TPSA) is 80.0 Å². The van der Waals surface area contributed by atoms with Gasteiger partial charge in [0.05, 0.1) is 10.4 Å². The largest absolute Gasteiger partial charge is 0.345 e. The maximum absolute atomic E-state index is 12.1. The molecule has 1 unspecified atom stereocenters. The van der Waals surface area contributed by atoms with Gasteiger partial charge in [-0.2, -0.15) is 0 Å². The number of carbonyl (C=O) groups excluding carboxylic acids is 1. The second-order valence-electron chi connectivity index (χ2n) is 3.91. The molecule has 5 nitrogen and oxygen atoms in total. The van der Waals surface area contributed by atoms with Gasteiger partial charge in [-0.25, -0.2) is 10.8 Å². The summed E-state index contributed by atoms with van der Waals surface area (Å²) < 4.78 is 0.703. The molecule has 1 atom stereocenters. The number of nitrogens with zero attached hydrogens (tertiary/aromatic N) is 1. The van der Waals surface area contributed by atoms with Gasteiger partial charge in [0, 0.05) is 16.6 Å². The van der Waals surface area contributed by atoms with Crippen LogP contribution in [0.5, 0.6) is 0 Å². The number of hydrogen-bond donors (Lipinski definition) is 3. The number of halogens is 1. The molecule has 0 aromatic carbocycles. The maximum atomic E-state index is 12.1. The Balaban J connectivity index is 2.08. The zero-order valence-electron chi connectivity index (χ0n) is 10.2. The molecule has 0 saturated heterocycles. The van der Waals surface area contributed by atoms with E-state index in [2.05, 4.69) is 15.7 Å². The minimum absolute atomic E-state index is 0.104. The molecule has 0 aliphatic carbocycles. The zero-order valence-corrected chi connectivity index (χ0v) is 11.8. The molecule has 2 rings (SSSR count). The average molecular weight is 297 g/mol. The third-order valence-electron chi connectivity index (χ3n) is 2.54. The van der Waals surface area contributed by atoms with E-state index in [9.17, 15) is 4.79 Å².